The average Bonchev–Trinajstić information content (AvgIpc) is 2.29. The molecular formula is C12H17NO3. The van der Waals surface area contributed by atoms with Crippen LogP contribution in [-0.4, -0.2) is 23.7 Å². The first-order valence-corrected chi connectivity index (χ1v) is 5.06. The molecule has 2 N–H and O–H groups in total. The zero-order valence-electron chi connectivity index (χ0n) is 9.78. The predicted octanol–water partition coefficient (Wildman–Crippen LogP) is 1.54. The number of nitrogens with one attached hydrogen (secondary N) is 1. The lowest BCUT2D eigenvalue weighted by Crippen LogP contribution is -2.38. The summed E-state index contributed by atoms with van der Waals surface area (Å²) in [5.74, 6) is -0.218. The Kier molecular flexibility index (Phi) is 4.04. The molecule has 0 heterocycles. The van der Waals surface area contributed by atoms with Crippen LogP contribution in [0, 0.1) is 0 Å². The summed E-state index contributed by atoms with van der Waals surface area (Å²) in [6.45, 7) is 3.34. The van der Waals surface area contributed by atoms with Crippen molar-refractivity contribution in [1.82, 2.24) is 0 Å². The highest BCUT2D eigenvalue weighted by molar-refractivity contribution is 5.96. The average molecular weight is 223 g/mol. The van der Waals surface area contributed by atoms with Crippen molar-refractivity contribution >= 4 is 11.6 Å². The molecule has 1 amide bonds. The number of ether oxygens (including phenoxy) is 1. The first-order chi connectivity index (χ1) is 7.49. The Morgan fingerprint density at radius 2 is 2.19 bits per heavy atom. The topological polar surface area (TPSA) is 58.6 Å². The van der Waals surface area contributed by atoms with E-state index in [1.54, 1.807) is 38.1 Å². The number of methoxy groups -OCH3 is 1. The highest BCUT2D eigenvalue weighted by Crippen LogP contribution is 2.15. The monoisotopic (exact) mass is 223 g/mol. The van der Waals surface area contributed by atoms with Crippen molar-refractivity contribution in [3.8, 4) is 0 Å². The molecule has 0 unspecified atom stereocenters. The summed E-state index contributed by atoms with van der Waals surface area (Å²) < 4.78 is 5.07. The van der Waals surface area contributed by atoms with Gasteiger partial charge >= 0.3 is 0 Å². The number of benzene rings is 1. The number of carbonyl (C=O) groups excluding carboxylic acids is 1. The van der Waals surface area contributed by atoms with Crippen LogP contribution in [0.2, 0.25) is 0 Å². The van der Waals surface area contributed by atoms with Gasteiger partial charge in [-0.25, -0.2) is 0 Å². The molecule has 0 aliphatic carbocycles. The van der Waals surface area contributed by atoms with Crippen LogP contribution >= 0.6 is 0 Å². The van der Waals surface area contributed by atoms with E-state index in [-0.39, 0.29) is 12.5 Å². The Hall–Kier alpha value is -1.39. The molecule has 0 aromatic heterocycles. The first kappa shape index (κ1) is 12.7. The van der Waals surface area contributed by atoms with Crippen molar-refractivity contribution in [3.63, 3.8) is 0 Å². The highest BCUT2D eigenvalue weighted by Gasteiger charge is 2.26. The van der Waals surface area contributed by atoms with Crippen LogP contribution in [0.5, 0.6) is 0 Å². The van der Waals surface area contributed by atoms with Crippen LogP contribution < -0.4 is 5.32 Å². The molecule has 0 aliphatic heterocycles. The molecule has 4 heteroatoms. The second kappa shape index (κ2) is 5.09. The number of amides is 1. The van der Waals surface area contributed by atoms with Gasteiger partial charge in [-0.3, -0.25) is 4.79 Å². The third-order valence-electron chi connectivity index (χ3n) is 2.42. The number of aliphatic hydroxyl groups excluding tert-OH is 1. The van der Waals surface area contributed by atoms with E-state index >= 15 is 0 Å². The molecule has 0 bridgehead atoms. The third-order valence-corrected chi connectivity index (χ3v) is 2.42. The smallest absolute Gasteiger partial charge is 0.256 e. The molecule has 0 saturated heterocycles. The molecule has 0 spiro atoms. The minimum Gasteiger partial charge on any atom is -0.392 e. The maximum absolute atomic E-state index is 11.8. The van der Waals surface area contributed by atoms with E-state index in [0.29, 0.717) is 5.69 Å². The van der Waals surface area contributed by atoms with Gasteiger partial charge in [-0.05, 0) is 31.5 Å². The Balaban J connectivity index is 2.77. The number of rotatable bonds is 4. The normalized spacial score (nSPS) is 11.2. The summed E-state index contributed by atoms with van der Waals surface area (Å²) in [5, 5.41) is 11.7. The molecule has 16 heavy (non-hydrogen) atoms. The molecule has 0 saturated carbocycles. The Labute approximate surface area is 95.2 Å². The van der Waals surface area contributed by atoms with E-state index < -0.39 is 5.60 Å². The molecule has 1 rings (SSSR count). The molecule has 0 atom stereocenters. The van der Waals surface area contributed by atoms with Crippen molar-refractivity contribution in [3.05, 3.63) is 29.8 Å². The summed E-state index contributed by atoms with van der Waals surface area (Å²) in [6, 6.07) is 7.06. The zero-order valence-corrected chi connectivity index (χ0v) is 9.78. The minimum absolute atomic E-state index is 0.0443. The summed E-state index contributed by atoms with van der Waals surface area (Å²) >= 11 is 0. The van der Waals surface area contributed by atoms with E-state index in [4.69, 9.17) is 9.84 Å². The highest BCUT2D eigenvalue weighted by atomic mass is 16.5. The van der Waals surface area contributed by atoms with Gasteiger partial charge in [0.2, 0.25) is 0 Å². The fourth-order valence-electron chi connectivity index (χ4n) is 1.12. The van der Waals surface area contributed by atoms with Crippen LogP contribution in [0.3, 0.4) is 0 Å². The van der Waals surface area contributed by atoms with Crippen LogP contribution in [0.15, 0.2) is 24.3 Å². The second-order valence-corrected chi connectivity index (χ2v) is 4.03. The Morgan fingerprint density at radius 1 is 1.50 bits per heavy atom. The molecule has 4 nitrogen and oxygen atoms in total. The number of anilines is 1. The van der Waals surface area contributed by atoms with E-state index in [1.165, 1.54) is 7.11 Å². The first-order valence-electron chi connectivity index (χ1n) is 5.06. The Morgan fingerprint density at radius 3 is 2.75 bits per heavy atom. The number of hydrogen-bond donors (Lipinski definition) is 2. The third kappa shape index (κ3) is 3.05. The van der Waals surface area contributed by atoms with E-state index in [1.807, 2.05) is 0 Å². The molecule has 0 radical (unpaired) electrons. The molecule has 1 aromatic rings. The minimum atomic E-state index is -0.866. The Bertz CT molecular complexity index is 374. The van der Waals surface area contributed by atoms with Gasteiger partial charge in [0, 0.05) is 12.8 Å². The lowest BCUT2D eigenvalue weighted by Gasteiger charge is -2.21. The lowest BCUT2D eigenvalue weighted by atomic mass is 10.1. The largest absolute Gasteiger partial charge is 0.392 e. The lowest BCUT2D eigenvalue weighted by molar-refractivity contribution is -0.133. The number of aliphatic hydroxyl groups is 1. The standard InChI is InChI=1S/C12H17NO3/c1-12(2,16-3)11(15)13-10-6-4-5-9(7-10)8-14/h4-7,14H,8H2,1-3H3,(H,13,15). The number of hydrogen-bond acceptors (Lipinski definition) is 3. The van der Waals surface area contributed by atoms with Gasteiger partial charge in [0.05, 0.1) is 6.61 Å². The van der Waals surface area contributed by atoms with Crippen molar-refractivity contribution < 1.29 is 14.6 Å². The van der Waals surface area contributed by atoms with Crippen molar-refractivity contribution in [2.45, 2.75) is 26.1 Å². The fraction of sp³-hybridized carbons (Fsp3) is 0.417. The van der Waals surface area contributed by atoms with Crippen molar-refractivity contribution in [2.75, 3.05) is 12.4 Å². The molecular weight excluding hydrogens is 206 g/mol. The van der Waals surface area contributed by atoms with Gasteiger partial charge in [-0.15, -0.1) is 0 Å². The summed E-state index contributed by atoms with van der Waals surface area (Å²) in [6.07, 6.45) is 0. The molecule has 0 aliphatic rings. The molecule has 88 valence electrons. The molecule has 1 aromatic carbocycles. The van der Waals surface area contributed by atoms with Crippen LogP contribution in [0.4, 0.5) is 5.69 Å². The summed E-state index contributed by atoms with van der Waals surface area (Å²) in [4.78, 5) is 11.8. The van der Waals surface area contributed by atoms with Gasteiger partial charge in [0.15, 0.2) is 0 Å². The van der Waals surface area contributed by atoms with Gasteiger partial charge in [0.25, 0.3) is 5.91 Å². The van der Waals surface area contributed by atoms with Gasteiger partial charge in [-0.2, -0.15) is 0 Å². The van der Waals surface area contributed by atoms with Gasteiger partial charge in [0.1, 0.15) is 5.60 Å². The second-order valence-electron chi connectivity index (χ2n) is 4.03. The van der Waals surface area contributed by atoms with E-state index in [9.17, 15) is 4.79 Å². The molecule has 0 fully saturated rings. The van der Waals surface area contributed by atoms with E-state index in [0.717, 1.165) is 5.56 Å². The van der Waals surface area contributed by atoms with Gasteiger partial charge in [-0.1, -0.05) is 12.1 Å². The maximum atomic E-state index is 11.8. The van der Waals surface area contributed by atoms with Crippen LogP contribution in [0.25, 0.3) is 0 Å². The zero-order chi connectivity index (χ0) is 12.2. The van der Waals surface area contributed by atoms with Gasteiger partial charge < -0.3 is 15.2 Å². The SMILES string of the molecule is COC(C)(C)C(=O)Nc1cccc(CO)c1. The van der Waals surface area contributed by atoms with Crippen LogP contribution in [-0.2, 0) is 16.1 Å². The van der Waals surface area contributed by atoms with E-state index in [2.05, 4.69) is 5.32 Å². The fourth-order valence-corrected chi connectivity index (χ4v) is 1.12. The maximum Gasteiger partial charge on any atom is 0.256 e. The summed E-state index contributed by atoms with van der Waals surface area (Å²) in [5.41, 5.74) is 0.546. The quantitative estimate of drug-likeness (QED) is 0.814. The van der Waals surface area contributed by atoms with Crippen LogP contribution in [0.1, 0.15) is 19.4 Å². The van der Waals surface area contributed by atoms with Crippen molar-refractivity contribution in [1.29, 1.82) is 0 Å². The van der Waals surface area contributed by atoms with Crippen molar-refractivity contribution in [2.24, 2.45) is 0 Å². The number of carbonyl (C=O) groups is 1. The summed E-state index contributed by atoms with van der Waals surface area (Å²) in [7, 11) is 1.49. The predicted molar refractivity (Wildman–Crippen MR) is 62.1 cm³/mol.